The Morgan fingerprint density at radius 1 is 1.12 bits per heavy atom. The Balaban J connectivity index is 2.04. The lowest BCUT2D eigenvalue weighted by molar-refractivity contribution is 0.0658. The first-order chi connectivity index (χ1) is 12.6. The zero-order valence-corrected chi connectivity index (χ0v) is 14.0. The van der Waals surface area contributed by atoms with Crippen molar-refractivity contribution in [3.63, 3.8) is 0 Å². The molecule has 7 nitrogen and oxygen atoms in total. The standard InChI is InChI=1S/C19H15N3O4/c1-2-26-19(25)21-11-16-20-14-9-5-3-7-12(14)18(24)22(16)15-10-6-4-8-13(15)17(21)23/h3-10H,2,11H2,1H3. The molecule has 0 spiro atoms. The lowest BCUT2D eigenvalue weighted by Crippen LogP contribution is -2.36. The van der Waals surface area contributed by atoms with Crippen LogP contribution in [0.4, 0.5) is 4.79 Å². The molecular weight excluding hydrogens is 334 g/mol. The van der Waals surface area contributed by atoms with Crippen LogP contribution in [0, 0.1) is 0 Å². The lowest BCUT2D eigenvalue weighted by atomic mass is 10.1. The molecule has 1 aliphatic rings. The summed E-state index contributed by atoms with van der Waals surface area (Å²) in [5.74, 6) is -0.215. The van der Waals surface area contributed by atoms with Gasteiger partial charge < -0.3 is 4.74 Å². The Morgan fingerprint density at radius 2 is 1.85 bits per heavy atom. The maximum Gasteiger partial charge on any atom is 0.417 e. The number of fused-ring (bicyclic) bond motifs is 4. The Labute approximate surface area is 148 Å². The third-order valence-corrected chi connectivity index (χ3v) is 4.25. The van der Waals surface area contributed by atoms with E-state index in [1.165, 1.54) is 4.57 Å². The molecule has 1 aliphatic heterocycles. The number of imide groups is 1. The topological polar surface area (TPSA) is 81.5 Å². The summed E-state index contributed by atoms with van der Waals surface area (Å²) in [6, 6.07) is 13.6. The Kier molecular flexibility index (Phi) is 3.76. The molecule has 0 saturated carbocycles. The zero-order chi connectivity index (χ0) is 18.3. The number of rotatable bonds is 1. The lowest BCUT2D eigenvalue weighted by Gasteiger charge is -2.17. The molecule has 2 aromatic carbocycles. The van der Waals surface area contributed by atoms with Crippen molar-refractivity contribution in [3.05, 3.63) is 70.3 Å². The fraction of sp³-hybridized carbons (Fsp3) is 0.158. The highest BCUT2D eigenvalue weighted by atomic mass is 16.6. The largest absolute Gasteiger partial charge is 0.449 e. The summed E-state index contributed by atoms with van der Waals surface area (Å²) >= 11 is 0. The van der Waals surface area contributed by atoms with E-state index in [2.05, 4.69) is 4.98 Å². The van der Waals surface area contributed by atoms with E-state index < -0.39 is 12.0 Å². The fourth-order valence-electron chi connectivity index (χ4n) is 3.09. The highest BCUT2D eigenvalue weighted by Gasteiger charge is 2.32. The Bertz CT molecular complexity index is 1100. The van der Waals surface area contributed by atoms with Gasteiger partial charge in [0.25, 0.3) is 11.5 Å². The first-order valence-corrected chi connectivity index (χ1v) is 8.20. The smallest absolute Gasteiger partial charge is 0.417 e. The molecule has 2 amide bonds. The van der Waals surface area contributed by atoms with E-state index in [0.717, 1.165) is 4.90 Å². The van der Waals surface area contributed by atoms with Gasteiger partial charge in [0.1, 0.15) is 5.82 Å². The number of carbonyl (C=O) groups excluding carboxylic acids is 2. The average molecular weight is 349 g/mol. The number of amides is 2. The number of carbonyl (C=O) groups is 2. The second kappa shape index (κ2) is 6.11. The van der Waals surface area contributed by atoms with Crippen LogP contribution in [-0.4, -0.2) is 33.1 Å². The van der Waals surface area contributed by atoms with Crippen molar-refractivity contribution < 1.29 is 14.3 Å². The van der Waals surface area contributed by atoms with Gasteiger partial charge in [-0.25, -0.2) is 14.7 Å². The van der Waals surface area contributed by atoms with Gasteiger partial charge in [-0.05, 0) is 31.2 Å². The summed E-state index contributed by atoms with van der Waals surface area (Å²) in [6.45, 7) is 1.66. The minimum absolute atomic E-state index is 0.141. The summed E-state index contributed by atoms with van der Waals surface area (Å²) in [4.78, 5) is 43.8. The molecule has 4 rings (SSSR count). The maximum absolute atomic E-state index is 13.1. The third-order valence-electron chi connectivity index (χ3n) is 4.25. The van der Waals surface area contributed by atoms with E-state index in [-0.39, 0.29) is 24.3 Å². The molecule has 0 fully saturated rings. The van der Waals surface area contributed by atoms with Crippen LogP contribution in [0.5, 0.6) is 0 Å². The van der Waals surface area contributed by atoms with E-state index in [1.54, 1.807) is 55.5 Å². The molecule has 130 valence electrons. The van der Waals surface area contributed by atoms with Crippen LogP contribution in [0.3, 0.4) is 0 Å². The number of nitrogens with zero attached hydrogens (tertiary/aromatic N) is 3. The van der Waals surface area contributed by atoms with E-state index >= 15 is 0 Å². The quantitative estimate of drug-likeness (QED) is 0.674. The summed E-state index contributed by atoms with van der Waals surface area (Å²) in [7, 11) is 0. The predicted molar refractivity (Wildman–Crippen MR) is 94.2 cm³/mol. The molecule has 0 saturated heterocycles. The molecule has 0 atom stereocenters. The van der Waals surface area contributed by atoms with Gasteiger partial charge in [-0.3, -0.25) is 14.2 Å². The molecule has 0 radical (unpaired) electrons. The van der Waals surface area contributed by atoms with Crippen molar-refractivity contribution >= 4 is 22.9 Å². The monoisotopic (exact) mass is 349 g/mol. The molecule has 0 aliphatic carbocycles. The first kappa shape index (κ1) is 16.0. The first-order valence-electron chi connectivity index (χ1n) is 8.20. The summed E-state index contributed by atoms with van der Waals surface area (Å²) < 4.78 is 6.40. The number of aromatic nitrogens is 2. The van der Waals surface area contributed by atoms with Gasteiger partial charge in [-0.1, -0.05) is 24.3 Å². The molecule has 2 heterocycles. The van der Waals surface area contributed by atoms with Crippen molar-refractivity contribution in [1.29, 1.82) is 0 Å². The van der Waals surface area contributed by atoms with Gasteiger partial charge in [0.2, 0.25) is 0 Å². The van der Waals surface area contributed by atoms with Gasteiger partial charge >= 0.3 is 6.09 Å². The van der Waals surface area contributed by atoms with E-state index in [0.29, 0.717) is 22.4 Å². The SMILES string of the molecule is CCOC(=O)N1Cc2nc3ccccc3c(=O)n2-c2ccccc2C1=O. The minimum atomic E-state index is -0.761. The van der Waals surface area contributed by atoms with Crippen LogP contribution in [-0.2, 0) is 11.3 Å². The normalized spacial score (nSPS) is 13.1. The van der Waals surface area contributed by atoms with Crippen LogP contribution in [0.15, 0.2) is 53.3 Å². The summed E-state index contributed by atoms with van der Waals surface area (Å²) in [5, 5.41) is 0.447. The molecule has 7 heteroatoms. The van der Waals surface area contributed by atoms with Crippen molar-refractivity contribution in [2.45, 2.75) is 13.5 Å². The van der Waals surface area contributed by atoms with Crippen LogP contribution < -0.4 is 5.56 Å². The van der Waals surface area contributed by atoms with Crippen molar-refractivity contribution in [2.75, 3.05) is 6.61 Å². The molecular formula is C19H15N3O4. The number of para-hydroxylation sites is 2. The van der Waals surface area contributed by atoms with Gasteiger partial charge in [0.15, 0.2) is 0 Å². The van der Waals surface area contributed by atoms with Crippen LogP contribution in [0.2, 0.25) is 0 Å². The fourth-order valence-corrected chi connectivity index (χ4v) is 3.09. The van der Waals surface area contributed by atoms with Crippen LogP contribution in [0.1, 0.15) is 23.1 Å². The van der Waals surface area contributed by atoms with E-state index in [9.17, 15) is 14.4 Å². The molecule has 26 heavy (non-hydrogen) atoms. The number of hydrogen-bond acceptors (Lipinski definition) is 5. The molecule has 0 bridgehead atoms. The molecule has 0 unspecified atom stereocenters. The van der Waals surface area contributed by atoms with Gasteiger partial charge in [0, 0.05) is 0 Å². The van der Waals surface area contributed by atoms with Gasteiger partial charge in [-0.2, -0.15) is 0 Å². The second-order valence-electron chi connectivity index (χ2n) is 5.79. The van der Waals surface area contributed by atoms with Gasteiger partial charge in [-0.15, -0.1) is 0 Å². The zero-order valence-electron chi connectivity index (χ0n) is 14.0. The summed E-state index contributed by atoms with van der Waals surface area (Å²) in [6.07, 6.45) is -0.761. The third kappa shape index (κ3) is 2.36. The van der Waals surface area contributed by atoms with E-state index in [4.69, 9.17) is 4.74 Å². The predicted octanol–water partition coefficient (Wildman–Crippen LogP) is 2.50. The Morgan fingerprint density at radius 3 is 2.65 bits per heavy atom. The van der Waals surface area contributed by atoms with E-state index in [1.807, 2.05) is 0 Å². The molecule has 1 aromatic heterocycles. The second-order valence-corrected chi connectivity index (χ2v) is 5.79. The minimum Gasteiger partial charge on any atom is -0.449 e. The number of hydrogen-bond donors (Lipinski definition) is 0. The van der Waals surface area contributed by atoms with Gasteiger partial charge in [0.05, 0.1) is 35.3 Å². The molecule has 3 aromatic rings. The van der Waals surface area contributed by atoms with Crippen molar-refractivity contribution in [2.24, 2.45) is 0 Å². The highest BCUT2D eigenvalue weighted by molar-refractivity contribution is 6.05. The number of ether oxygens (including phenoxy) is 1. The van der Waals surface area contributed by atoms with Crippen molar-refractivity contribution in [1.82, 2.24) is 14.5 Å². The average Bonchev–Trinajstić information content (AvgIpc) is 2.78. The number of benzene rings is 2. The maximum atomic E-state index is 13.1. The van der Waals surface area contributed by atoms with Crippen LogP contribution >= 0.6 is 0 Å². The van der Waals surface area contributed by atoms with Crippen LogP contribution in [0.25, 0.3) is 16.6 Å². The van der Waals surface area contributed by atoms with Crippen molar-refractivity contribution in [3.8, 4) is 5.69 Å². The molecule has 0 N–H and O–H groups in total. The Hall–Kier alpha value is -3.48. The highest BCUT2D eigenvalue weighted by Crippen LogP contribution is 2.24. The summed E-state index contributed by atoms with van der Waals surface area (Å²) in [5.41, 5.74) is 0.886.